The number of thiophene rings is 1. The molecule has 0 N–H and O–H groups in total. The molecule has 146 valence electrons. The molecule has 0 amide bonds. The summed E-state index contributed by atoms with van der Waals surface area (Å²) in [4.78, 5) is 2.55. The first-order chi connectivity index (χ1) is 14.1. The molecule has 6 heteroatoms. The van der Waals surface area contributed by atoms with E-state index in [1.54, 1.807) is 0 Å². The first-order valence-corrected chi connectivity index (χ1v) is 12.0. The molecule has 1 aliphatic heterocycles. The number of ether oxygens (including phenoxy) is 1. The normalized spacial score (nSPS) is 17.8. The highest BCUT2D eigenvalue weighted by Crippen LogP contribution is 2.47. The fraction of sp³-hybridized carbons (Fsp3) is 0.217. The summed E-state index contributed by atoms with van der Waals surface area (Å²) >= 11 is 8.77. The zero-order valence-corrected chi connectivity index (χ0v) is 19.3. The SMILES string of the molecule is Fc1cc(Br)cc2c1-c1cc3cc(Br)ccc3n1C(c1ccc(CC3CC3)s1)O2. The highest BCUT2D eigenvalue weighted by atomic mass is 79.9. The van der Waals surface area contributed by atoms with Crippen molar-refractivity contribution in [1.82, 2.24) is 4.57 Å². The Hall–Kier alpha value is -1.63. The Bertz CT molecular complexity index is 1270. The van der Waals surface area contributed by atoms with Crippen LogP contribution in [0.5, 0.6) is 5.75 Å². The number of hydrogen-bond acceptors (Lipinski definition) is 2. The smallest absolute Gasteiger partial charge is 0.212 e. The average Bonchev–Trinajstić information content (AvgIpc) is 3.22. The van der Waals surface area contributed by atoms with Crippen LogP contribution in [0.15, 0.2) is 57.5 Å². The largest absolute Gasteiger partial charge is 0.464 e. The molecule has 6 rings (SSSR count). The number of aromatic nitrogens is 1. The number of benzene rings is 2. The number of halogens is 3. The topological polar surface area (TPSA) is 14.2 Å². The maximum absolute atomic E-state index is 15.0. The van der Waals surface area contributed by atoms with Crippen molar-refractivity contribution in [1.29, 1.82) is 0 Å². The summed E-state index contributed by atoms with van der Waals surface area (Å²) in [5, 5.41) is 1.06. The zero-order chi connectivity index (χ0) is 19.7. The molecule has 2 nitrogen and oxygen atoms in total. The summed E-state index contributed by atoms with van der Waals surface area (Å²) in [6, 6.07) is 16.0. The molecule has 3 heterocycles. The second kappa shape index (κ2) is 6.69. The van der Waals surface area contributed by atoms with Crippen molar-refractivity contribution in [2.24, 2.45) is 5.92 Å². The van der Waals surface area contributed by atoms with Gasteiger partial charge in [-0.15, -0.1) is 11.3 Å². The molecule has 4 aromatic rings. The third kappa shape index (κ3) is 3.07. The fourth-order valence-electron chi connectivity index (χ4n) is 4.15. The minimum absolute atomic E-state index is 0.281. The van der Waals surface area contributed by atoms with Gasteiger partial charge in [0.25, 0.3) is 0 Å². The Morgan fingerprint density at radius 1 is 1.03 bits per heavy atom. The van der Waals surface area contributed by atoms with Crippen LogP contribution in [-0.4, -0.2) is 4.57 Å². The van der Waals surface area contributed by atoms with Crippen LogP contribution in [-0.2, 0) is 6.42 Å². The molecule has 1 saturated carbocycles. The van der Waals surface area contributed by atoms with Gasteiger partial charge in [-0.25, -0.2) is 4.39 Å². The monoisotopic (exact) mass is 531 g/mol. The molecule has 1 aliphatic carbocycles. The van der Waals surface area contributed by atoms with Crippen LogP contribution < -0.4 is 4.74 Å². The van der Waals surface area contributed by atoms with Crippen LogP contribution in [0.1, 0.15) is 28.8 Å². The third-order valence-electron chi connectivity index (χ3n) is 5.66. The molecule has 1 fully saturated rings. The molecule has 0 spiro atoms. The molecule has 1 unspecified atom stereocenters. The number of hydrogen-bond donors (Lipinski definition) is 0. The van der Waals surface area contributed by atoms with Crippen molar-refractivity contribution in [2.45, 2.75) is 25.5 Å². The predicted molar refractivity (Wildman–Crippen MR) is 122 cm³/mol. The Morgan fingerprint density at radius 3 is 2.72 bits per heavy atom. The summed E-state index contributed by atoms with van der Waals surface area (Å²) in [7, 11) is 0. The van der Waals surface area contributed by atoms with Crippen LogP contribution in [0.4, 0.5) is 4.39 Å². The zero-order valence-electron chi connectivity index (χ0n) is 15.3. The van der Waals surface area contributed by atoms with Gasteiger partial charge in [0.15, 0.2) is 0 Å². The molecule has 2 aromatic heterocycles. The molecular weight excluding hydrogens is 517 g/mol. The second-order valence-corrected chi connectivity index (χ2v) is 10.8. The van der Waals surface area contributed by atoms with Gasteiger partial charge in [-0.05, 0) is 73.7 Å². The van der Waals surface area contributed by atoms with E-state index in [1.807, 2.05) is 23.5 Å². The molecule has 0 saturated heterocycles. The highest BCUT2D eigenvalue weighted by molar-refractivity contribution is 9.10. The van der Waals surface area contributed by atoms with Crippen LogP contribution in [0.3, 0.4) is 0 Å². The van der Waals surface area contributed by atoms with E-state index >= 15 is 0 Å². The molecule has 29 heavy (non-hydrogen) atoms. The lowest BCUT2D eigenvalue weighted by molar-refractivity contribution is 0.176. The summed E-state index contributed by atoms with van der Waals surface area (Å²) in [6.45, 7) is 0. The summed E-state index contributed by atoms with van der Waals surface area (Å²) in [5.41, 5.74) is 2.41. The van der Waals surface area contributed by atoms with E-state index in [1.165, 1.54) is 23.8 Å². The lowest BCUT2D eigenvalue weighted by Crippen LogP contribution is -2.21. The van der Waals surface area contributed by atoms with E-state index in [0.29, 0.717) is 15.8 Å². The van der Waals surface area contributed by atoms with E-state index in [2.05, 4.69) is 66.8 Å². The van der Waals surface area contributed by atoms with Crippen molar-refractivity contribution in [3.05, 3.63) is 73.0 Å². The first-order valence-electron chi connectivity index (χ1n) is 9.62. The van der Waals surface area contributed by atoms with Crippen LogP contribution in [0, 0.1) is 11.7 Å². The molecule has 1 atom stereocenters. The lowest BCUT2D eigenvalue weighted by atomic mass is 10.1. The van der Waals surface area contributed by atoms with Gasteiger partial charge in [0.2, 0.25) is 6.23 Å². The van der Waals surface area contributed by atoms with Gasteiger partial charge in [0.05, 0.1) is 21.7 Å². The Labute approximate surface area is 188 Å². The van der Waals surface area contributed by atoms with E-state index in [4.69, 9.17) is 4.74 Å². The molecular formula is C23H16Br2FNOS. The van der Waals surface area contributed by atoms with Crippen LogP contribution in [0.25, 0.3) is 22.2 Å². The highest BCUT2D eigenvalue weighted by Gasteiger charge is 2.32. The van der Waals surface area contributed by atoms with E-state index in [9.17, 15) is 4.39 Å². The average molecular weight is 533 g/mol. The van der Waals surface area contributed by atoms with Gasteiger partial charge in [-0.1, -0.05) is 31.9 Å². The summed E-state index contributed by atoms with van der Waals surface area (Å²) in [6.07, 6.45) is 3.53. The minimum atomic E-state index is -0.303. The summed E-state index contributed by atoms with van der Waals surface area (Å²) in [5.74, 6) is 1.14. The van der Waals surface area contributed by atoms with Gasteiger partial charge in [0.1, 0.15) is 11.6 Å². The Kier molecular flexibility index (Phi) is 4.19. The van der Waals surface area contributed by atoms with Crippen molar-refractivity contribution in [3.8, 4) is 17.0 Å². The minimum Gasteiger partial charge on any atom is -0.464 e. The third-order valence-corrected chi connectivity index (χ3v) is 7.75. The lowest BCUT2D eigenvalue weighted by Gasteiger charge is -2.29. The van der Waals surface area contributed by atoms with Crippen LogP contribution >= 0.6 is 43.2 Å². The van der Waals surface area contributed by atoms with Crippen molar-refractivity contribution in [3.63, 3.8) is 0 Å². The Balaban J connectivity index is 1.56. The molecule has 0 radical (unpaired) electrons. The standard InChI is InChI=1S/C23H16Br2FNOS/c24-14-3-5-18-13(8-14)9-19-22-17(26)10-15(25)11-20(22)28-23(27(18)19)21-6-4-16(29-21)7-12-1-2-12/h3-6,8-12,23H,1-2,7H2. The number of nitrogens with zero attached hydrogens (tertiary/aromatic N) is 1. The van der Waals surface area contributed by atoms with Gasteiger partial charge >= 0.3 is 0 Å². The predicted octanol–water partition coefficient (Wildman–Crippen LogP) is 7.93. The van der Waals surface area contributed by atoms with E-state index < -0.39 is 0 Å². The van der Waals surface area contributed by atoms with Crippen molar-refractivity contribution in [2.75, 3.05) is 0 Å². The first kappa shape index (κ1) is 18.2. The molecule has 2 aromatic carbocycles. The maximum Gasteiger partial charge on any atom is 0.212 e. The van der Waals surface area contributed by atoms with E-state index in [0.717, 1.165) is 38.3 Å². The van der Waals surface area contributed by atoms with Crippen LogP contribution in [0.2, 0.25) is 0 Å². The number of fused-ring (bicyclic) bond motifs is 5. The molecule has 0 bridgehead atoms. The second-order valence-electron chi connectivity index (χ2n) is 7.79. The number of rotatable bonds is 3. The van der Waals surface area contributed by atoms with Crippen molar-refractivity contribution >= 4 is 54.1 Å². The van der Waals surface area contributed by atoms with Gasteiger partial charge in [0, 0.05) is 19.2 Å². The Morgan fingerprint density at radius 2 is 1.90 bits per heavy atom. The van der Waals surface area contributed by atoms with Gasteiger partial charge in [-0.3, -0.25) is 4.57 Å². The molecule has 2 aliphatic rings. The van der Waals surface area contributed by atoms with Gasteiger partial charge in [-0.2, -0.15) is 0 Å². The van der Waals surface area contributed by atoms with Gasteiger partial charge < -0.3 is 4.74 Å². The van der Waals surface area contributed by atoms with Crippen molar-refractivity contribution < 1.29 is 9.13 Å². The summed E-state index contributed by atoms with van der Waals surface area (Å²) < 4.78 is 25.2. The van der Waals surface area contributed by atoms with E-state index in [-0.39, 0.29) is 12.0 Å². The maximum atomic E-state index is 15.0. The quantitative estimate of drug-likeness (QED) is 0.261. The fourth-order valence-corrected chi connectivity index (χ4v) is 6.08.